The molecule has 0 heterocycles. The van der Waals surface area contributed by atoms with Crippen LogP contribution in [0.3, 0.4) is 0 Å². The van der Waals surface area contributed by atoms with Crippen LogP contribution in [0.1, 0.15) is 23.7 Å². The molecule has 1 N–H and O–H groups in total. The lowest BCUT2D eigenvalue weighted by Crippen LogP contribution is -2.22. The number of nitro benzene ring substituents is 2. The second-order valence-electron chi connectivity index (χ2n) is 3.62. The maximum absolute atomic E-state index is 10.9. The van der Waals surface area contributed by atoms with Crippen LogP contribution < -0.4 is 10.4 Å². The van der Waals surface area contributed by atoms with Crippen molar-refractivity contribution in [1.29, 1.82) is 0 Å². The molecule has 0 amide bonds. The SMILES string of the molecule is CCCNc1c([N+](=O)[O-])cc(C(=O)[O-])cc1[N+](=O)[O-]. The highest BCUT2D eigenvalue weighted by Gasteiger charge is 2.26. The summed E-state index contributed by atoms with van der Waals surface area (Å²) in [5.41, 5.74) is -2.24. The fraction of sp³-hybridized carbons (Fsp3) is 0.300. The summed E-state index contributed by atoms with van der Waals surface area (Å²) in [7, 11) is 0. The highest BCUT2D eigenvalue weighted by molar-refractivity contribution is 5.91. The van der Waals surface area contributed by atoms with E-state index in [2.05, 4.69) is 5.32 Å². The van der Waals surface area contributed by atoms with Crippen LogP contribution in [0.5, 0.6) is 0 Å². The maximum atomic E-state index is 10.9. The first kappa shape index (κ1) is 14.4. The molecule has 1 aromatic rings. The van der Waals surface area contributed by atoms with Gasteiger partial charge in [-0.05, 0) is 6.42 Å². The van der Waals surface area contributed by atoms with E-state index in [0.717, 1.165) is 12.1 Å². The summed E-state index contributed by atoms with van der Waals surface area (Å²) in [5.74, 6) is -1.71. The molecule has 0 saturated carbocycles. The van der Waals surface area contributed by atoms with Crippen LogP contribution in [0.25, 0.3) is 0 Å². The average Bonchev–Trinajstić information content (AvgIpc) is 2.34. The van der Waals surface area contributed by atoms with Crippen molar-refractivity contribution in [3.63, 3.8) is 0 Å². The van der Waals surface area contributed by atoms with E-state index in [-0.39, 0.29) is 12.2 Å². The van der Waals surface area contributed by atoms with Crippen molar-refractivity contribution < 1.29 is 19.7 Å². The summed E-state index contributed by atoms with van der Waals surface area (Å²) in [4.78, 5) is 30.7. The van der Waals surface area contributed by atoms with Crippen molar-refractivity contribution in [2.45, 2.75) is 13.3 Å². The number of rotatable bonds is 6. The number of carboxylic acids is 1. The zero-order valence-electron chi connectivity index (χ0n) is 9.91. The Bertz CT molecular complexity index is 507. The Morgan fingerprint density at radius 1 is 1.21 bits per heavy atom. The number of benzene rings is 1. The second kappa shape index (κ2) is 5.76. The Hall–Kier alpha value is -2.71. The van der Waals surface area contributed by atoms with Crippen LogP contribution >= 0.6 is 0 Å². The van der Waals surface area contributed by atoms with E-state index in [1.165, 1.54) is 0 Å². The van der Waals surface area contributed by atoms with Crippen LogP contribution in [0.2, 0.25) is 0 Å². The monoisotopic (exact) mass is 268 g/mol. The predicted octanol–water partition coefficient (Wildman–Crippen LogP) is 0.688. The van der Waals surface area contributed by atoms with Gasteiger partial charge in [0, 0.05) is 24.2 Å². The average molecular weight is 268 g/mol. The Morgan fingerprint density at radius 2 is 1.68 bits per heavy atom. The number of hydrogen-bond donors (Lipinski definition) is 1. The van der Waals surface area contributed by atoms with Crippen LogP contribution in [-0.4, -0.2) is 22.4 Å². The molecular weight excluding hydrogens is 258 g/mol. The molecule has 0 fully saturated rings. The Labute approximate surface area is 107 Å². The predicted molar refractivity (Wildman–Crippen MR) is 62.9 cm³/mol. The Kier molecular flexibility index (Phi) is 4.35. The molecule has 0 unspecified atom stereocenters. The third-order valence-electron chi connectivity index (χ3n) is 2.28. The van der Waals surface area contributed by atoms with Gasteiger partial charge in [0.1, 0.15) is 0 Å². The minimum atomic E-state index is -1.71. The molecule has 0 saturated heterocycles. The molecule has 0 spiro atoms. The van der Waals surface area contributed by atoms with Crippen LogP contribution in [-0.2, 0) is 0 Å². The topological polar surface area (TPSA) is 138 Å². The van der Waals surface area contributed by atoms with Crippen molar-refractivity contribution in [3.05, 3.63) is 37.9 Å². The molecule has 0 aliphatic heterocycles. The second-order valence-corrected chi connectivity index (χ2v) is 3.62. The van der Waals surface area contributed by atoms with Gasteiger partial charge in [-0.15, -0.1) is 0 Å². The maximum Gasteiger partial charge on any atom is 0.300 e. The third-order valence-corrected chi connectivity index (χ3v) is 2.28. The molecule has 19 heavy (non-hydrogen) atoms. The molecule has 0 bridgehead atoms. The van der Waals surface area contributed by atoms with E-state index in [0.29, 0.717) is 6.42 Å². The fourth-order valence-electron chi connectivity index (χ4n) is 1.45. The first-order chi connectivity index (χ1) is 8.88. The summed E-state index contributed by atoms with van der Waals surface area (Å²) in [5, 5.41) is 35.0. The largest absolute Gasteiger partial charge is 0.545 e. The van der Waals surface area contributed by atoms with Gasteiger partial charge in [-0.2, -0.15) is 0 Å². The van der Waals surface area contributed by atoms with E-state index in [1.807, 2.05) is 0 Å². The van der Waals surface area contributed by atoms with Gasteiger partial charge in [-0.1, -0.05) is 6.92 Å². The summed E-state index contributed by atoms with van der Waals surface area (Å²) in [6.45, 7) is 2.06. The highest BCUT2D eigenvalue weighted by atomic mass is 16.6. The third kappa shape index (κ3) is 3.15. The number of carbonyl (C=O) groups excluding carboxylic acids is 1. The molecule has 0 aliphatic rings. The number of nitrogens with zero attached hydrogens (tertiary/aromatic N) is 2. The van der Waals surface area contributed by atoms with E-state index in [4.69, 9.17) is 0 Å². The Balaban J connectivity index is 3.50. The van der Waals surface area contributed by atoms with Crippen LogP contribution in [0, 0.1) is 20.2 Å². The van der Waals surface area contributed by atoms with Crippen molar-refractivity contribution in [1.82, 2.24) is 0 Å². The fourth-order valence-corrected chi connectivity index (χ4v) is 1.45. The van der Waals surface area contributed by atoms with Gasteiger partial charge in [0.15, 0.2) is 5.69 Å². The Morgan fingerprint density at radius 3 is 2.00 bits per heavy atom. The molecule has 0 atom stereocenters. The van der Waals surface area contributed by atoms with Crippen LogP contribution in [0.4, 0.5) is 17.1 Å². The first-order valence-electron chi connectivity index (χ1n) is 5.30. The molecule has 1 aromatic carbocycles. The number of carboxylic acid groups (broad SMARTS) is 1. The number of nitrogens with one attached hydrogen (secondary N) is 1. The molecule has 9 nitrogen and oxygen atoms in total. The normalized spacial score (nSPS) is 9.95. The molecular formula is C10H10N3O6-. The van der Waals surface area contributed by atoms with Gasteiger partial charge in [-0.3, -0.25) is 20.2 Å². The van der Waals surface area contributed by atoms with E-state index in [9.17, 15) is 30.1 Å². The number of aromatic carboxylic acids is 1. The quantitative estimate of drug-likeness (QED) is 0.591. The minimum Gasteiger partial charge on any atom is -0.545 e. The lowest BCUT2D eigenvalue weighted by Gasteiger charge is -2.09. The minimum absolute atomic E-state index is 0.284. The van der Waals surface area contributed by atoms with Gasteiger partial charge >= 0.3 is 0 Å². The summed E-state index contributed by atoms with van der Waals surface area (Å²) < 4.78 is 0. The number of anilines is 1. The highest BCUT2D eigenvalue weighted by Crippen LogP contribution is 2.35. The molecule has 102 valence electrons. The standard InChI is InChI=1S/C10H11N3O6/c1-2-3-11-9-7(12(16)17)4-6(10(14)15)5-8(9)13(18)19/h4-5,11H,2-3H2,1H3,(H,14,15)/p-1. The number of hydrogen-bond acceptors (Lipinski definition) is 7. The van der Waals surface area contributed by atoms with E-state index in [1.54, 1.807) is 6.92 Å². The zero-order chi connectivity index (χ0) is 14.6. The van der Waals surface area contributed by atoms with Gasteiger partial charge in [0.25, 0.3) is 11.4 Å². The zero-order valence-corrected chi connectivity index (χ0v) is 9.91. The lowest BCUT2D eigenvalue weighted by atomic mass is 10.1. The molecule has 0 aliphatic carbocycles. The molecule has 0 radical (unpaired) electrons. The van der Waals surface area contributed by atoms with Gasteiger partial charge in [-0.25, -0.2) is 0 Å². The lowest BCUT2D eigenvalue weighted by molar-refractivity contribution is -0.392. The smallest absolute Gasteiger partial charge is 0.300 e. The summed E-state index contributed by atoms with van der Waals surface area (Å²) in [6, 6.07) is 1.47. The first-order valence-corrected chi connectivity index (χ1v) is 5.30. The molecule has 9 heteroatoms. The van der Waals surface area contributed by atoms with Crippen molar-refractivity contribution in [2.24, 2.45) is 0 Å². The number of carbonyl (C=O) groups is 1. The van der Waals surface area contributed by atoms with Gasteiger partial charge in [0.2, 0.25) is 0 Å². The molecule has 1 rings (SSSR count). The van der Waals surface area contributed by atoms with E-state index < -0.39 is 32.8 Å². The van der Waals surface area contributed by atoms with Crippen molar-refractivity contribution in [2.75, 3.05) is 11.9 Å². The summed E-state index contributed by atoms with van der Waals surface area (Å²) >= 11 is 0. The summed E-state index contributed by atoms with van der Waals surface area (Å²) in [6.07, 6.45) is 0.594. The molecule has 0 aromatic heterocycles. The number of nitro groups is 2. The van der Waals surface area contributed by atoms with Crippen LogP contribution in [0.15, 0.2) is 12.1 Å². The van der Waals surface area contributed by atoms with E-state index >= 15 is 0 Å². The van der Waals surface area contributed by atoms with Crippen molar-refractivity contribution >= 4 is 23.0 Å². The van der Waals surface area contributed by atoms with Gasteiger partial charge < -0.3 is 15.2 Å². The van der Waals surface area contributed by atoms with Gasteiger partial charge in [0.05, 0.1) is 15.8 Å². The van der Waals surface area contributed by atoms with Crippen molar-refractivity contribution in [3.8, 4) is 0 Å².